The first-order chi connectivity index (χ1) is 7.20. The van der Waals surface area contributed by atoms with Gasteiger partial charge in [-0.15, -0.1) is 0 Å². The molecule has 0 saturated heterocycles. The molecule has 0 aliphatic heterocycles. The lowest BCUT2D eigenvalue weighted by molar-refractivity contribution is -0.151. The zero-order valence-corrected chi connectivity index (χ0v) is 9.06. The first kappa shape index (κ1) is 10.7. The van der Waals surface area contributed by atoms with E-state index in [1.165, 1.54) is 12.8 Å². The van der Waals surface area contributed by atoms with Crippen LogP contribution >= 0.6 is 0 Å². The summed E-state index contributed by atoms with van der Waals surface area (Å²) in [5, 5.41) is 8.84. The second kappa shape index (κ2) is 4.35. The number of hydrogen-bond donors (Lipinski definition) is 1. The summed E-state index contributed by atoms with van der Waals surface area (Å²) in [7, 11) is 0. The Balaban J connectivity index is 1.78. The lowest BCUT2D eigenvalue weighted by Crippen LogP contribution is -2.26. The summed E-state index contributed by atoms with van der Waals surface area (Å²) < 4.78 is 5.46. The van der Waals surface area contributed by atoms with Gasteiger partial charge in [0.15, 0.2) is 6.10 Å². The van der Waals surface area contributed by atoms with Gasteiger partial charge >= 0.3 is 5.97 Å². The van der Waals surface area contributed by atoms with Crippen molar-refractivity contribution in [3.05, 3.63) is 12.2 Å². The number of carbonyl (C=O) groups is 1. The number of hydrogen-bond acceptors (Lipinski definition) is 2. The molecule has 4 atom stereocenters. The lowest BCUT2D eigenvalue weighted by atomic mass is 9.94. The molecule has 0 spiro atoms. The Morgan fingerprint density at radius 1 is 1.53 bits per heavy atom. The van der Waals surface area contributed by atoms with E-state index in [1.807, 2.05) is 6.92 Å². The van der Waals surface area contributed by atoms with Gasteiger partial charge in [0.05, 0.1) is 6.61 Å². The van der Waals surface area contributed by atoms with Crippen LogP contribution in [0.15, 0.2) is 12.2 Å². The maximum Gasteiger partial charge on any atom is 0.332 e. The molecule has 2 aliphatic rings. The van der Waals surface area contributed by atoms with Crippen LogP contribution in [0.2, 0.25) is 0 Å². The maximum atomic E-state index is 10.8. The highest BCUT2D eigenvalue weighted by molar-refractivity contribution is 5.72. The summed E-state index contributed by atoms with van der Waals surface area (Å²) in [6.07, 6.45) is 6.91. The van der Waals surface area contributed by atoms with Crippen LogP contribution in [0.3, 0.4) is 0 Å². The van der Waals surface area contributed by atoms with Crippen LogP contribution in [0.5, 0.6) is 0 Å². The van der Waals surface area contributed by atoms with Crippen molar-refractivity contribution in [3.8, 4) is 0 Å². The van der Waals surface area contributed by atoms with Crippen LogP contribution in [0.4, 0.5) is 0 Å². The Hall–Kier alpha value is -0.830. The van der Waals surface area contributed by atoms with Crippen molar-refractivity contribution < 1.29 is 14.6 Å². The topological polar surface area (TPSA) is 46.5 Å². The molecule has 1 fully saturated rings. The normalized spacial score (nSPS) is 34.6. The first-order valence-electron chi connectivity index (χ1n) is 5.73. The molecule has 2 rings (SSSR count). The van der Waals surface area contributed by atoms with Gasteiger partial charge in [-0.25, -0.2) is 4.79 Å². The van der Waals surface area contributed by atoms with Gasteiger partial charge in [-0.2, -0.15) is 0 Å². The van der Waals surface area contributed by atoms with Crippen molar-refractivity contribution in [1.82, 2.24) is 0 Å². The van der Waals surface area contributed by atoms with Crippen molar-refractivity contribution in [3.63, 3.8) is 0 Å². The Kier molecular flexibility index (Phi) is 3.10. The van der Waals surface area contributed by atoms with Gasteiger partial charge in [-0.1, -0.05) is 19.1 Å². The molecule has 2 aliphatic carbocycles. The predicted octanol–water partition coefficient (Wildman–Crippen LogP) is 2.08. The van der Waals surface area contributed by atoms with Crippen LogP contribution < -0.4 is 0 Å². The van der Waals surface area contributed by atoms with E-state index in [2.05, 4.69) is 12.2 Å². The third kappa shape index (κ3) is 2.23. The average Bonchev–Trinajstić information content (AvgIpc) is 2.79. The minimum absolute atomic E-state index is 0.548. The van der Waals surface area contributed by atoms with Crippen molar-refractivity contribution in [2.75, 3.05) is 6.61 Å². The fraction of sp³-hybridized carbons (Fsp3) is 0.750. The molecule has 15 heavy (non-hydrogen) atoms. The van der Waals surface area contributed by atoms with Gasteiger partial charge in [0.2, 0.25) is 0 Å². The second-order valence-corrected chi connectivity index (χ2v) is 4.61. The van der Waals surface area contributed by atoms with E-state index in [9.17, 15) is 4.79 Å². The fourth-order valence-electron chi connectivity index (χ4n) is 2.69. The van der Waals surface area contributed by atoms with Crippen LogP contribution in [0, 0.1) is 17.8 Å². The van der Waals surface area contributed by atoms with Gasteiger partial charge in [0.25, 0.3) is 0 Å². The molecule has 1 N–H and O–H groups in total. The molecular weight excluding hydrogens is 192 g/mol. The van der Waals surface area contributed by atoms with Gasteiger partial charge < -0.3 is 9.84 Å². The molecule has 0 aromatic heterocycles. The number of carboxylic acid groups (broad SMARTS) is 1. The Morgan fingerprint density at radius 3 is 2.80 bits per heavy atom. The molecule has 1 saturated carbocycles. The Bertz CT molecular complexity index is 272. The molecule has 84 valence electrons. The molecule has 0 heterocycles. The summed E-state index contributed by atoms with van der Waals surface area (Å²) in [6, 6.07) is 0. The van der Waals surface area contributed by atoms with Crippen molar-refractivity contribution in [2.45, 2.75) is 32.3 Å². The fourth-order valence-corrected chi connectivity index (χ4v) is 2.69. The molecule has 0 aromatic carbocycles. The quantitative estimate of drug-likeness (QED) is 0.707. The van der Waals surface area contributed by atoms with Gasteiger partial charge in [-0.3, -0.25) is 0 Å². The van der Waals surface area contributed by atoms with Crippen molar-refractivity contribution in [1.29, 1.82) is 0 Å². The van der Waals surface area contributed by atoms with Crippen molar-refractivity contribution in [2.24, 2.45) is 17.8 Å². The molecule has 0 amide bonds. The van der Waals surface area contributed by atoms with Crippen LogP contribution in [-0.4, -0.2) is 23.8 Å². The summed E-state index contributed by atoms with van der Waals surface area (Å²) in [5.74, 6) is 1.08. The van der Waals surface area contributed by atoms with E-state index in [0.717, 1.165) is 5.92 Å². The smallest absolute Gasteiger partial charge is 0.332 e. The van der Waals surface area contributed by atoms with E-state index >= 15 is 0 Å². The summed E-state index contributed by atoms with van der Waals surface area (Å²) in [4.78, 5) is 10.8. The van der Waals surface area contributed by atoms with Gasteiger partial charge in [-0.05, 0) is 37.0 Å². The van der Waals surface area contributed by atoms with E-state index < -0.39 is 12.1 Å². The molecule has 3 heteroatoms. The number of carboxylic acids is 1. The highest BCUT2D eigenvalue weighted by Crippen LogP contribution is 2.43. The Morgan fingerprint density at radius 2 is 2.33 bits per heavy atom. The van der Waals surface area contributed by atoms with Crippen LogP contribution in [0.25, 0.3) is 0 Å². The van der Waals surface area contributed by atoms with Gasteiger partial charge in [0.1, 0.15) is 0 Å². The standard InChI is InChI=1S/C12H18O3/c1-2-11(12(13)14)15-7-10-6-8-3-4-9(10)5-8/h3-4,8-11H,2,5-7H2,1H3,(H,13,14). The van der Waals surface area contributed by atoms with Gasteiger partial charge in [0, 0.05) is 0 Å². The zero-order chi connectivity index (χ0) is 10.8. The minimum Gasteiger partial charge on any atom is -0.479 e. The zero-order valence-electron chi connectivity index (χ0n) is 9.06. The first-order valence-corrected chi connectivity index (χ1v) is 5.73. The number of rotatable bonds is 5. The average molecular weight is 210 g/mol. The summed E-state index contributed by atoms with van der Waals surface area (Å²) >= 11 is 0. The van der Waals surface area contributed by atoms with E-state index in [0.29, 0.717) is 24.9 Å². The molecule has 0 radical (unpaired) electrons. The number of ether oxygens (including phenoxy) is 1. The third-order valence-corrected chi connectivity index (χ3v) is 3.57. The molecule has 0 aromatic rings. The van der Waals surface area contributed by atoms with Crippen LogP contribution in [-0.2, 0) is 9.53 Å². The monoisotopic (exact) mass is 210 g/mol. The Labute approximate surface area is 90.1 Å². The number of allylic oxidation sites excluding steroid dienone is 2. The maximum absolute atomic E-state index is 10.8. The number of aliphatic carboxylic acids is 1. The summed E-state index contributed by atoms with van der Waals surface area (Å²) in [6.45, 7) is 2.45. The predicted molar refractivity (Wildman–Crippen MR) is 56.5 cm³/mol. The van der Waals surface area contributed by atoms with Crippen molar-refractivity contribution >= 4 is 5.97 Å². The van der Waals surface area contributed by atoms with E-state index in [4.69, 9.17) is 9.84 Å². The van der Waals surface area contributed by atoms with E-state index in [1.54, 1.807) is 0 Å². The largest absolute Gasteiger partial charge is 0.479 e. The molecular formula is C12H18O3. The lowest BCUT2D eigenvalue weighted by Gasteiger charge is -2.20. The molecule has 3 nitrogen and oxygen atoms in total. The highest BCUT2D eigenvalue weighted by Gasteiger charge is 2.36. The van der Waals surface area contributed by atoms with E-state index in [-0.39, 0.29) is 0 Å². The highest BCUT2D eigenvalue weighted by atomic mass is 16.5. The minimum atomic E-state index is -0.837. The summed E-state index contributed by atoms with van der Waals surface area (Å²) in [5.41, 5.74) is 0. The SMILES string of the molecule is CCC(OCC1CC2C=CC1C2)C(=O)O. The van der Waals surface area contributed by atoms with Crippen LogP contribution in [0.1, 0.15) is 26.2 Å². The number of fused-ring (bicyclic) bond motifs is 2. The third-order valence-electron chi connectivity index (χ3n) is 3.57. The molecule has 4 unspecified atom stereocenters. The second-order valence-electron chi connectivity index (χ2n) is 4.61. The molecule has 2 bridgehead atoms.